The summed E-state index contributed by atoms with van der Waals surface area (Å²) >= 11 is 0.602. The first-order valence-corrected chi connectivity index (χ1v) is 11.8. The number of hydrogen-bond donors (Lipinski definition) is 2. The van der Waals surface area contributed by atoms with Crippen molar-refractivity contribution >= 4 is 52.0 Å². The molecule has 0 unspecified atom stereocenters. The van der Waals surface area contributed by atoms with Crippen molar-refractivity contribution in [3.05, 3.63) is 88.3 Å². The van der Waals surface area contributed by atoms with Crippen LogP contribution in [-0.2, 0) is 15.8 Å². The van der Waals surface area contributed by atoms with Gasteiger partial charge in [-0.3, -0.25) is 19.3 Å². The van der Waals surface area contributed by atoms with Gasteiger partial charge in [0.2, 0.25) is 5.91 Å². The van der Waals surface area contributed by atoms with Crippen molar-refractivity contribution in [3.63, 3.8) is 0 Å². The van der Waals surface area contributed by atoms with E-state index in [1.54, 1.807) is 24.3 Å². The Kier molecular flexibility index (Phi) is 7.62. The number of alkyl halides is 3. The van der Waals surface area contributed by atoms with Gasteiger partial charge in [-0.1, -0.05) is 23.8 Å². The van der Waals surface area contributed by atoms with Gasteiger partial charge >= 0.3 is 6.18 Å². The number of benzene rings is 3. The molecule has 0 radical (unpaired) electrons. The zero-order chi connectivity index (χ0) is 27.4. The van der Waals surface area contributed by atoms with Crippen molar-refractivity contribution < 1.29 is 32.7 Å². The topological polar surface area (TPSA) is 111 Å². The fourth-order valence-corrected chi connectivity index (χ4v) is 4.17. The molecule has 0 saturated carbocycles. The molecular weight excluding hydrogens is 521 g/mol. The maximum absolute atomic E-state index is 12.9. The van der Waals surface area contributed by atoms with Gasteiger partial charge in [0.25, 0.3) is 11.1 Å². The third kappa shape index (κ3) is 6.45. The van der Waals surface area contributed by atoms with Gasteiger partial charge in [-0.2, -0.15) is 23.4 Å². The van der Waals surface area contributed by atoms with Crippen LogP contribution in [0.5, 0.6) is 5.75 Å². The number of thioether (sulfide) groups is 1. The first kappa shape index (κ1) is 26.6. The van der Waals surface area contributed by atoms with Crippen LogP contribution in [-0.4, -0.2) is 33.6 Å². The molecule has 12 heteroatoms. The van der Waals surface area contributed by atoms with Gasteiger partial charge in [0, 0.05) is 11.3 Å². The van der Waals surface area contributed by atoms with E-state index in [2.05, 4.69) is 15.5 Å². The van der Waals surface area contributed by atoms with Gasteiger partial charge < -0.3 is 10.4 Å². The number of amides is 3. The number of imide groups is 1. The van der Waals surface area contributed by atoms with Crippen LogP contribution in [0.4, 0.5) is 35.0 Å². The summed E-state index contributed by atoms with van der Waals surface area (Å²) in [6.07, 6.45) is -3.26. The van der Waals surface area contributed by atoms with Crippen molar-refractivity contribution in [2.75, 3.05) is 11.9 Å². The second kappa shape index (κ2) is 10.9. The molecule has 3 aromatic rings. The van der Waals surface area contributed by atoms with Gasteiger partial charge in [-0.05, 0) is 73.3 Å². The fourth-order valence-electron chi connectivity index (χ4n) is 3.34. The lowest BCUT2D eigenvalue weighted by atomic mass is 10.1. The summed E-state index contributed by atoms with van der Waals surface area (Å²) in [7, 11) is 0. The zero-order valence-corrected chi connectivity index (χ0v) is 20.5. The number of carbonyl (C=O) groups excluding carboxylic acids is 3. The van der Waals surface area contributed by atoms with Crippen LogP contribution in [0.1, 0.15) is 16.7 Å². The first-order valence-electron chi connectivity index (χ1n) is 11.0. The fraction of sp³-hybridized carbons (Fsp3) is 0.115. The van der Waals surface area contributed by atoms with Crippen molar-refractivity contribution in [1.29, 1.82) is 0 Å². The molecule has 1 aliphatic rings. The highest BCUT2D eigenvalue weighted by atomic mass is 32.2. The summed E-state index contributed by atoms with van der Waals surface area (Å²) in [6.45, 7) is 1.40. The number of aryl methyl sites for hydroxylation is 1. The predicted octanol–water partition coefficient (Wildman–Crippen LogP) is 6.81. The Morgan fingerprint density at radius 1 is 1.03 bits per heavy atom. The van der Waals surface area contributed by atoms with Gasteiger partial charge in [-0.25, -0.2) is 0 Å². The SMILES string of the molecule is Cc1ccc(NC(=O)CN2C(=O)S/C(=C\c3cc(N=Nc4cccc(C(F)(F)F)c4)ccc3O)C2=O)cc1. The molecule has 194 valence electrons. The first-order chi connectivity index (χ1) is 18.0. The van der Waals surface area contributed by atoms with Crippen LogP contribution in [0.25, 0.3) is 6.08 Å². The van der Waals surface area contributed by atoms with E-state index in [4.69, 9.17) is 0 Å². The number of aromatic hydroxyl groups is 1. The number of rotatable bonds is 6. The van der Waals surface area contributed by atoms with Crippen molar-refractivity contribution in [2.24, 2.45) is 10.2 Å². The molecule has 1 aliphatic heterocycles. The minimum Gasteiger partial charge on any atom is -0.507 e. The van der Waals surface area contributed by atoms with Crippen molar-refractivity contribution in [1.82, 2.24) is 4.90 Å². The number of azo groups is 1. The minimum absolute atomic E-state index is 0.0274. The summed E-state index contributed by atoms with van der Waals surface area (Å²) in [4.78, 5) is 38.3. The standard InChI is InChI=1S/C26H19F3N4O4S/c1-15-5-7-18(8-6-15)30-23(35)14-33-24(36)22(38-25(33)37)12-16-11-20(9-10-21(16)34)32-31-19-4-2-3-17(13-19)26(27,28)29/h2-13,34H,14H2,1H3,(H,30,35)/b22-12-,32-31?. The Balaban J connectivity index is 1.48. The summed E-state index contributed by atoms with van der Waals surface area (Å²) < 4.78 is 38.7. The normalized spacial score (nSPS) is 15.1. The van der Waals surface area contributed by atoms with Crippen LogP contribution in [0.2, 0.25) is 0 Å². The maximum Gasteiger partial charge on any atom is 0.416 e. The van der Waals surface area contributed by atoms with E-state index in [0.29, 0.717) is 17.4 Å². The van der Waals surface area contributed by atoms with Gasteiger partial charge in [-0.15, -0.1) is 0 Å². The van der Waals surface area contributed by atoms with Gasteiger partial charge in [0.05, 0.1) is 21.8 Å². The van der Waals surface area contributed by atoms with Gasteiger partial charge in [0.1, 0.15) is 12.3 Å². The van der Waals surface area contributed by atoms with E-state index in [1.807, 2.05) is 6.92 Å². The van der Waals surface area contributed by atoms with Crippen molar-refractivity contribution in [3.8, 4) is 5.75 Å². The quantitative estimate of drug-likeness (QED) is 0.264. The second-order valence-corrected chi connectivity index (χ2v) is 9.17. The summed E-state index contributed by atoms with van der Waals surface area (Å²) in [5.74, 6) is -1.50. The number of nitrogens with zero attached hydrogens (tertiary/aromatic N) is 3. The number of carbonyl (C=O) groups is 3. The molecule has 1 saturated heterocycles. The number of phenols is 1. The van der Waals surface area contributed by atoms with E-state index in [-0.39, 0.29) is 27.6 Å². The lowest BCUT2D eigenvalue weighted by molar-refractivity contribution is -0.137. The van der Waals surface area contributed by atoms with Crippen molar-refractivity contribution in [2.45, 2.75) is 13.1 Å². The second-order valence-electron chi connectivity index (χ2n) is 8.17. The molecule has 3 amide bonds. The third-order valence-electron chi connectivity index (χ3n) is 5.26. The number of nitrogens with one attached hydrogen (secondary N) is 1. The monoisotopic (exact) mass is 540 g/mol. The van der Waals surface area contributed by atoms with E-state index in [0.717, 1.165) is 22.6 Å². The molecule has 1 fully saturated rings. The average Bonchev–Trinajstić information content (AvgIpc) is 3.12. The van der Waals surface area contributed by atoms with Crippen LogP contribution >= 0.6 is 11.8 Å². The van der Waals surface area contributed by atoms with Crippen LogP contribution in [0, 0.1) is 6.92 Å². The highest BCUT2D eigenvalue weighted by molar-refractivity contribution is 8.18. The molecule has 0 atom stereocenters. The lowest BCUT2D eigenvalue weighted by Crippen LogP contribution is -2.36. The maximum atomic E-state index is 12.9. The average molecular weight is 541 g/mol. The van der Waals surface area contributed by atoms with E-state index < -0.39 is 35.3 Å². The minimum atomic E-state index is -4.53. The highest BCUT2D eigenvalue weighted by Crippen LogP contribution is 2.35. The summed E-state index contributed by atoms with van der Waals surface area (Å²) in [6, 6.07) is 15.3. The smallest absolute Gasteiger partial charge is 0.416 e. The predicted molar refractivity (Wildman–Crippen MR) is 136 cm³/mol. The summed E-state index contributed by atoms with van der Waals surface area (Å²) in [5, 5.41) is 19.9. The van der Waals surface area contributed by atoms with E-state index in [1.165, 1.54) is 36.4 Å². The molecule has 1 heterocycles. The Labute approximate surface area is 218 Å². The molecule has 38 heavy (non-hydrogen) atoms. The Bertz CT molecular complexity index is 1470. The number of hydrogen-bond acceptors (Lipinski definition) is 7. The molecule has 0 aromatic heterocycles. The molecule has 8 nitrogen and oxygen atoms in total. The lowest BCUT2D eigenvalue weighted by Gasteiger charge is -2.12. The van der Waals surface area contributed by atoms with Crippen LogP contribution < -0.4 is 5.32 Å². The van der Waals surface area contributed by atoms with Gasteiger partial charge in [0.15, 0.2) is 0 Å². The molecule has 0 bridgehead atoms. The summed E-state index contributed by atoms with van der Waals surface area (Å²) in [5.41, 5.74) is 0.930. The highest BCUT2D eigenvalue weighted by Gasteiger charge is 2.36. The Hall–Kier alpha value is -4.45. The Morgan fingerprint density at radius 2 is 1.71 bits per heavy atom. The molecule has 2 N–H and O–H groups in total. The van der Waals surface area contributed by atoms with Crippen LogP contribution in [0.3, 0.4) is 0 Å². The Morgan fingerprint density at radius 3 is 2.39 bits per heavy atom. The molecule has 4 rings (SSSR count). The molecular formula is C26H19F3N4O4S. The van der Waals surface area contributed by atoms with E-state index >= 15 is 0 Å². The molecule has 0 spiro atoms. The number of phenolic OH excluding ortho intramolecular Hbond substituents is 1. The number of halogens is 3. The van der Waals surface area contributed by atoms with Crippen LogP contribution in [0.15, 0.2) is 81.9 Å². The largest absolute Gasteiger partial charge is 0.507 e. The molecule has 3 aromatic carbocycles. The number of anilines is 1. The molecule has 0 aliphatic carbocycles. The third-order valence-corrected chi connectivity index (χ3v) is 6.17. The zero-order valence-electron chi connectivity index (χ0n) is 19.7. The van der Waals surface area contributed by atoms with E-state index in [9.17, 15) is 32.7 Å².